The summed E-state index contributed by atoms with van der Waals surface area (Å²) in [5.41, 5.74) is 2.12. The fraction of sp³-hybridized carbons (Fsp3) is 0.176. The van der Waals surface area contributed by atoms with Crippen LogP contribution in [0.3, 0.4) is 0 Å². The first kappa shape index (κ1) is 14.1. The van der Waals surface area contributed by atoms with Crippen molar-refractivity contribution in [3.8, 4) is 5.75 Å². The van der Waals surface area contributed by atoms with Crippen LogP contribution in [0.2, 0.25) is 0 Å². The molecule has 5 nitrogen and oxygen atoms in total. The number of benzene rings is 2. The number of aromatic hydroxyl groups is 1. The molecule has 2 amide bonds. The zero-order valence-electron chi connectivity index (χ0n) is 12.3. The number of nitrogens with one attached hydrogen (secondary N) is 1. The normalized spacial score (nSPS) is 25.8. The predicted octanol–water partition coefficient (Wildman–Crippen LogP) is 2.67. The fourth-order valence-corrected chi connectivity index (χ4v) is 4.64. The van der Waals surface area contributed by atoms with Gasteiger partial charge in [0.1, 0.15) is 5.75 Å². The van der Waals surface area contributed by atoms with Crippen molar-refractivity contribution in [2.75, 3.05) is 10.2 Å². The second kappa shape index (κ2) is 4.76. The van der Waals surface area contributed by atoms with Gasteiger partial charge in [0.05, 0.1) is 5.25 Å². The van der Waals surface area contributed by atoms with Crippen LogP contribution in [0.4, 0.5) is 11.4 Å². The highest BCUT2D eigenvalue weighted by Gasteiger charge is 2.60. The largest absolute Gasteiger partial charge is 0.508 e. The molecule has 2 atom stereocenters. The molecule has 0 aromatic heterocycles. The Bertz CT molecular complexity index is 821. The minimum atomic E-state index is -1.09. The number of thioether (sulfide) groups is 1. The van der Waals surface area contributed by atoms with Crippen LogP contribution in [0.1, 0.15) is 12.5 Å². The molecule has 2 heterocycles. The van der Waals surface area contributed by atoms with Gasteiger partial charge in [-0.25, -0.2) is 0 Å². The van der Waals surface area contributed by atoms with Crippen molar-refractivity contribution in [3.05, 3.63) is 54.1 Å². The van der Waals surface area contributed by atoms with Crippen LogP contribution >= 0.6 is 11.8 Å². The van der Waals surface area contributed by atoms with E-state index in [9.17, 15) is 14.7 Å². The molecule has 0 radical (unpaired) electrons. The van der Waals surface area contributed by atoms with Crippen LogP contribution in [-0.4, -0.2) is 22.2 Å². The van der Waals surface area contributed by atoms with Gasteiger partial charge in [-0.05, 0) is 37.3 Å². The van der Waals surface area contributed by atoms with E-state index in [1.165, 1.54) is 23.9 Å². The van der Waals surface area contributed by atoms with Gasteiger partial charge in [0.2, 0.25) is 10.8 Å². The standard InChI is InChI=1S/C17H14N2O3S/c1-10-15(21)19(11-6-8-12(20)9-7-11)17(23-10)13-4-2-3-5-14(13)18-16(17)22/h2-10,20H,1H3,(H,18,22)/t10-,17+/m0/s1. The maximum atomic E-state index is 12.8. The van der Waals surface area contributed by atoms with E-state index in [0.29, 0.717) is 5.69 Å². The lowest BCUT2D eigenvalue weighted by atomic mass is 10.0. The summed E-state index contributed by atoms with van der Waals surface area (Å²) in [6.07, 6.45) is 0. The number of hydrogen-bond donors (Lipinski definition) is 2. The van der Waals surface area contributed by atoms with Crippen molar-refractivity contribution in [2.24, 2.45) is 0 Å². The van der Waals surface area contributed by atoms with Gasteiger partial charge in [0, 0.05) is 16.9 Å². The molecule has 2 N–H and O–H groups in total. The second-order valence-corrected chi connectivity index (χ2v) is 7.13. The fourth-order valence-electron chi connectivity index (χ4n) is 3.16. The molecule has 0 aliphatic carbocycles. The summed E-state index contributed by atoms with van der Waals surface area (Å²) in [6, 6.07) is 13.8. The maximum Gasteiger partial charge on any atom is 0.266 e. The van der Waals surface area contributed by atoms with E-state index in [1.807, 2.05) is 31.2 Å². The van der Waals surface area contributed by atoms with E-state index >= 15 is 0 Å². The zero-order chi connectivity index (χ0) is 16.2. The topological polar surface area (TPSA) is 69.6 Å². The Morgan fingerprint density at radius 3 is 2.57 bits per heavy atom. The smallest absolute Gasteiger partial charge is 0.266 e. The van der Waals surface area contributed by atoms with Crippen LogP contribution in [0.25, 0.3) is 0 Å². The Morgan fingerprint density at radius 1 is 1.13 bits per heavy atom. The van der Waals surface area contributed by atoms with E-state index < -0.39 is 4.87 Å². The Kier molecular flexibility index (Phi) is 2.93. The number of phenols is 1. The molecule has 2 aliphatic rings. The van der Waals surface area contributed by atoms with E-state index in [-0.39, 0.29) is 22.8 Å². The third-order valence-electron chi connectivity index (χ3n) is 4.19. The molecule has 1 saturated heterocycles. The number of hydrogen-bond acceptors (Lipinski definition) is 4. The number of fused-ring (bicyclic) bond motifs is 2. The van der Waals surface area contributed by atoms with Crippen molar-refractivity contribution in [1.82, 2.24) is 0 Å². The molecular formula is C17H14N2O3S. The number of carbonyl (C=O) groups excluding carboxylic acids is 2. The first-order valence-electron chi connectivity index (χ1n) is 7.26. The molecule has 0 saturated carbocycles. The van der Waals surface area contributed by atoms with Gasteiger partial charge in [-0.1, -0.05) is 18.2 Å². The molecule has 2 aromatic carbocycles. The van der Waals surface area contributed by atoms with Gasteiger partial charge in [0.15, 0.2) is 0 Å². The van der Waals surface area contributed by atoms with E-state index in [0.717, 1.165) is 11.3 Å². The highest BCUT2D eigenvalue weighted by molar-refractivity contribution is 8.03. The van der Waals surface area contributed by atoms with Crippen molar-refractivity contribution in [1.29, 1.82) is 0 Å². The lowest BCUT2D eigenvalue weighted by molar-refractivity contribution is -0.122. The first-order chi connectivity index (χ1) is 11.0. The highest BCUT2D eigenvalue weighted by atomic mass is 32.2. The number of phenolic OH excluding ortho intramolecular Hbond substituents is 1. The van der Waals surface area contributed by atoms with Crippen molar-refractivity contribution < 1.29 is 14.7 Å². The molecule has 1 spiro atoms. The Hall–Kier alpha value is -2.47. The zero-order valence-corrected chi connectivity index (χ0v) is 13.1. The molecular weight excluding hydrogens is 312 g/mol. The summed E-state index contributed by atoms with van der Waals surface area (Å²) >= 11 is 1.34. The Labute approximate surface area is 137 Å². The summed E-state index contributed by atoms with van der Waals surface area (Å²) in [7, 11) is 0. The molecule has 0 unspecified atom stereocenters. The number of rotatable bonds is 1. The average Bonchev–Trinajstić information content (AvgIpc) is 2.97. The minimum Gasteiger partial charge on any atom is -0.508 e. The highest BCUT2D eigenvalue weighted by Crippen LogP contribution is 2.55. The third kappa shape index (κ3) is 1.81. The summed E-state index contributed by atoms with van der Waals surface area (Å²) in [6.45, 7) is 1.81. The van der Waals surface area contributed by atoms with Crippen LogP contribution in [0, 0.1) is 0 Å². The molecule has 1 fully saturated rings. The lowest BCUT2D eigenvalue weighted by Crippen LogP contribution is -2.47. The van der Waals surface area contributed by atoms with E-state index in [4.69, 9.17) is 0 Å². The first-order valence-corrected chi connectivity index (χ1v) is 8.14. The summed E-state index contributed by atoms with van der Waals surface area (Å²) in [5, 5.41) is 12.0. The monoisotopic (exact) mass is 326 g/mol. The SMILES string of the molecule is C[C@@H]1S[C@]2(C(=O)Nc3ccccc32)N(c2ccc(O)cc2)C1=O. The van der Waals surface area contributed by atoms with Gasteiger partial charge in [-0.15, -0.1) is 11.8 Å². The molecule has 23 heavy (non-hydrogen) atoms. The summed E-state index contributed by atoms with van der Waals surface area (Å²) in [5.74, 6) is -0.214. The van der Waals surface area contributed by atoms with Crippen molar-refractivity contribution in [2.45, 2.75) is 17.0 Å². The number of para-hydroxylation sites is 1. The molecule has 4 rings (SSSR count). The molecule has 2 aliphatic heterocycles. The Morgan fingerprint density at radius 2 is 1.83 bits per heavy atom. The second-order valence-electron chi connectivity index (χ2n) is 5.59. The molecule has 2 aromatic rings. The van der Waals surface area contributed by atoms with Gasteiger partial charge in [-0.3, -0.25) is 14.5 Å². The van der Waals surface area contributed by atoms with Crippen LogP contribution in [0.5, 0.6) is 5.75 Å². The molecule has 116 valence electrons. The predicted molar refractivity (Wildman–Crippen MR) is 89.4 cm³/mol. The number of carbonyl (C=O) groups is 2. The third-order valence-corrected chi connectivity index (χ3v) is 5.67. The maximum absolute atomic E-state index is 12.8. The quantitative estimate of drug-likeness (QED) is 0.845. The van der Waals surface area contributed by atoms with Gasteiger partial charge in [-0.2, -0.15) is 0 Å². The van der Waals surface area contributed by atoms with E-state index in [1.54, 1.807) is 17.0 Å². The van der Waals surface area contributed by atoms with Crippen LogP contribution < -0.4 is 10.2 Å². The average molecular weight is 326 g/mol. The van der Waals surface area contributed by atoms with Crippen molar-refractivity contribution >= 4 is 35.0 Å². The van der Waals surface area contributed by atoms with Crippen LogP contribution in [0.15, 0.2) is 48.5 Å². The van der Waals surface area contributed by atoms with Gasteiger partial charge in [0.25, 0.3) is 5.91 Å². The van der Waals surface area contributed by atoms with Crippen molar-refractivity contribution in [3.63, 3.8) is 0 Å². The summed E-state index contributed by atoms with van der Waals surface area (Å²) < 4.78 is 0. The minimum absolute atomic E-state index is 0.117. The molecule has 6 heteroatoms. The number of nitrogens with zero attached hydrogens (tertiary/aromatic N) is 1. The Balaban J connectivity index is 1.94. The van der Waals surface area contributed by atoms with Gasteiger partial charge < -0.3 is 10.4 Å². The lowest BCUT2D eigenvalue weighted by Gasteiger charge is -2.32. The summed E-state index contributed by atoms with van der Waals surface area (Å²) in [4.78, 5) is 26.0. The van der Waals surface area contributed by atoms with Gasteiger partial charge >= 0.3 is 0 Å². The molecule has 0 bridgehead atoms. The van der Waals surface area contributed by atoms with Crippen LogP contribution in [-0.2, 0) is 14.5 Å². The number of anilines is 2. The van der Waals surface area contributed by atoms with E-state index in [2.05, 4.69) is 5.32 Å². The number of amides is 2.